The van der Waals surface area contributed by atoms with Crippen molar-refractivity contribution in [3.8, 4) is 0 Å². The molecule has 0 radical (unpaired) electrons. The molecule has 12 heavy (non-hydrogen) atoms. The van der Waals surface area contributed by atoms with E-state index in [-0.39, 0.29) is 5.56 Å². The molecule has 6 heteroatoms. The lowest BCUT2D eigenvalue weighted by Crippen LogP contribution is -2.24. The molecule has 2 N–H and O–H groups in total. The van der Waals surface area contributed by atoms with Gasteiger partial charge in [-0.15, -0.1) is 0 Å². The van der Waals surface area contributed by atoms with Gasteiger partial charge in [-0.05, 0) is 15.9 Å². The molecule has 0 aromatic carbocycles. The molecule has 0 bridgehead atoms. The molecule has 0 spiro atoms. The van der Waals surface area contributed by atoms with Gasteiger partial charge in [0, 0.05) is 6.42 Å². The summed E-state index contributed by atoms with van der Waals surface area (Å²) in [7, 11) is 0. The maximum atomic E-state index is 11.1. The fraction of sp³-hybridized carbons (Fsp3) is 0.167. The Kier molecular flexibility index (Phi) is 1.50. The quantitative estimate of drug-likeness (QED) is 0.660. The Bertz CT molecular complexity index is 470. The molecule has 0 aliphatic carbocycles. The molecule has 1 aliphatic heterocycles. The summed E-state index contributed by atoms with van der Waals surface area (Å²) >= 11 is 3.15. The number of aromatic nitrogens is 2. The predicted molar refractivity (Wildman–Crippen MR) is 47.4 cm³/mol. The molecular formula is C6H4BrN3O2. The molecule has 1 aromatic rings. The zero-order valence-electron chi connectivity index (χ0n) is 5.85. The van der Waals surface area contributed by atoms with Gasteiger partial charge in [0.05, 0.1) is 10.2 Å². The lowest BCUT2D eigenvalue weighted by atomic mass is 10.3. The van der Waals surface area contributed by atoms with Gasteiger partial charge in [0.15, 0.2) is 0 Å². The summed E-state index contributed by atoms with van der Waals surface area (Å²) in [5.41, 5.74) is -0.391. The lowest BCUT2D eigenvalue weighted by molar-refractivity contribution is 1.01. The van der Waals surface area contributed by atoms with E-state index >= 15 is 0 Å². The third-order valence-electron chi connectivity index (χ3n) is 1.57. The number of H-pyrrole nitrogens is 2. The van der Waals surface area contributed by atoms with Crippen LogP contribution in [0.15, 0.2) is 14.6 Å². The first-order valence-corrected chi connectivity index (χ1v) is 4.04. The number of aromatic amines is 2. The van der Waals surface area contributed by atoms with Crippen LogP contribution in [-0.2, 0) is 6.42 Å². The molecule has 0 amide bonds. The Morgan fingerprint density at radius 2 is 2.08 bits per heavy atom. The Balaban J connectivity index is 2.78. The largest absolute Gasteiger partial charge is 0.327 e. The third kappa shape index (κ3) is 1.04. The molecule has 5 nitrogen and oxygen atoms in total. The first-order valence-electron chi connectivity index (χ1n) is 3.25. The number of hydrogen-bond acceptors (Lipinski definition) is 3. The summed E-state index contributed by atoms with van der Waals surface area (Å²) in [6, 6.07) is 0. The van der Waals surface area contributed by atoms with E-state index in [0.29, 0.717) is 22.4 Å². The first kappa shape index (κ1) is 7.48. The maximum Gasteiger partial charge on any atom is 0.327 e. The van der Waals surface area contributed by atoms with Gasteiger partial charge in [-0.1, -0.05) is 0 Å². The van der Waals surface area contributed by atoms with Crippen LogP contribution in [0.25, 0.3) is 0 Å². The maximum absolute atomic E-state index is 11.1. The Hall–Kier alpha value is -1.17. The van der Waals surface area contributed by atoms with E-state index in [1.165, 1.54) is 0 Å². The number of halogens is 1. The fourth-order valence-electron chi connectivity index (χ4n) is 1.07. The van der Waals surface area contributed by atoms with E-state index in [4.69, 9.17) is 0 Å². The van der Waals surface area contributed by atoms with Crippen LogP contribution in [0.2, 0.25) is 0 Å². The molecule has 62 valence electrons. The van der Waals surface area contributed by atoms with E-state index < -0.39 is 5.69 Å². The standard InChI is InChI=1S/C6H4BrN3O2/c7-3-1-2-4(8-3)9-6(12)10-5(2)11/h1H2,(H2,9,10,11,12). The van der Waals surface area contributed by atoms with Gasteiger partial charge in [0.1, 0.15) is 5.82 Å². The van der Waals surface area contributed by atoms with Crippen LogP contribution in [0.3, 0.4) is 0 Å². The highest BCUT2D eigenvalue weighted by Gasteiger charge is 2.16. The average Bonchev–Trinajstić information content (AvgIpc) is 2.29. The van der Waals surface area contributed by atoms with Crippen LogP contribution in [-0.4, -0.2) is 14.6 Å². The van der Waals surface area contributed by atoms with Crippen molar-refractivity contribution in [3.63, 3.8) is 0 Å². The van der Waals surface area contributed by atoms with Crippen molar-refractivity contribution >= 4 is 26.4 Å². The minimum Gasteiger partial charge on any atom is -0.292 e. The molecule has 2 rings (SSSR count). The van der Waals surface area contributed by atoms with Crippen LogP contribution < -0.4 is 11.2 Å². The molecule has 1 aromatic heterocycles. The van der Waals surface area contributed by atoms with E-state index in [1.54, 1.807) is 0 Å². The molecule has 0 saturated carbocycles. The summed E-state index contributed by atoms with van der Waals surface area (Å²) in [5.74, 6) is 0.357. The van der Waals surface area contributed by atoms with Crippen LogP contribution in [0.1, 0.15) is 5.56 Å². The molecule has 0 saturated heterocycles. The highest BCUT2D eigenvalue weighted by molar-refractivity contribution is 9.18. The van der Waals surface area contributed by atoms with Crippen molar-refractivity contribution < 1.29 is 0 Å². The van der Waals surface area contributed by atoms with Crippen molar-refractivity contribution in [2.45, 2.75) is 6.42 Å². The molecular weight excluding hydrogens is 226 g/mol. The summed E-state index contributed by atoms with van der Waals surface area (Å²) in [6.45, 7) is 0. The number of fused-ring (bicyclic) bond motifs is 1. The van der Waals surface area contributed by atoms with Crippen molar-refractivity contribution in [1.29, 1.82) is 0 Å². The van der Waals surface area contributed by atoms with Crippen molar-refractivity contribution in [2.75, 3.05) is 0 Å². The second-order valence-corrected chi connectivity index (χ2v) is 3.32. The van der Waals surface area contributed by atoms with Gasteiger partial charge >= 0.3 is 5.69 Å². The van der Waals surface area contributed by atoms with E-state index in [0.717, 1.165) is 0 Å². The van der Waals surface area contributed by atoms with E-state index in [2.05, 4.69) is 30.9 Å². The van der Waals surface area contributed by atoms with Crippen molar-refractivity contribution in [3.05, 3.63) is 26.4 Å². The summed E-state index contributed by atoms with van der Waals surface area (Å²) in [6.07, 6.45) is 0.446. The van der Waals surface area contributed by atoms with Crippen molar-refractivity contribution in [1.82, 2.24) is 9.97 Å². The minimum atomic E-state index is -0.523. The van der Waals surface area contributed by atoms with Gasteiger partial charge in [-0.3, -0.25) is 14.8 Å². The van der Waals surface area contributed by atoms with Crippen molar-refractivity contribution in [2.24, 2.45) is 4.99 Å². The zero-order valence-corrected chi connectivity index (χ0v) is 7.43. The number of nitrogens with one attached hydrogen (secondary N) is 2. The monoisotopic (exact) mass is 229 g/mol. The Labute approximate surface area is 74.7 Å². The zero-order chi connectivity index (χ0) is 8.72. The summed E-state index contributed by atoms with van der Waals surface area (Å²) < 4.78 is 0.657. The SMILES string of the molecule is O=c1[nH]c2c(c(=O)[nH]1)CC(Br)=N2. The topological polar surface area (TPSA) is 78.1 Å². The second-order valence-electron chi connectivity index (χ2n) is 2.40. The number of nitrogens with zero attached hydrogens (tertiary/aromatic N) is 1. The highest BCUT2D eigenvalue weighted by Crippen LogP contribution is 2.20. The average molecular weight is 230 g/mol. The van der Waals surface area contributed by atoms with Crippen LogP contribution >= 0.6 is 15.9 Å². The van der Waals surface area contributed by atoms with Crippen LogP contribution in [0, 0.1) is 0 Å². The first-order chi connectivity index (χ1) is 5.66. The minimum absolute atomic E-state index is 0.357. The molecule has 0 atom stereocenters. The predicted octanol–water partition coefficient (Wildman–Crippen LogP) is 0.0442. The van der Waals surface area contributed by atoms with E-state index in [9.17, 15) is 9.59 Å². The number of aliphatic imine (C=N–C) groups is 1. The Morgan fingerprint density at radius 1 is 1.33 bits per heavy atom. The summed E-state index contributed by atoms with van der Waals surface area (Å²) in [5, 5.41) is 0. The van der Waals surface area contributed by atoms with Gasteiger partial charge in [0.2, 0.25) is 0 Å². The normalized spacial score (nSPS) is 14.2. The van der Waals surface area contributed by atoms with Gasteiger partial charge in [-0.2, -0.15) is 0 Å². The fourth-order valence-corrected chi connectivity index (χ4v) is 1.52. The van der Waals surface area contributed by atoms with Crippen LogP contribution in [0.4, 0.5) is 5.82 Å². The second kappa shape index (κ2) is 2.41. The summed E-state index contributed by atoms with van der Waals surface area (Å²) in [4.78, 5) is 30.4. The third-order valence-corrected chi connectivity index (χ3v) is 2.03. The molecule has 1 aliphatic rings. The van der Waals surface area contributed by atoms with Gasteiger partial charge < -0.3 is 0 Å². The Morgan fingerprint density at radius 3 is 2.83 bits per heavy atom. The lowest BCUT2D eigenvalue weighted by Gasteiger charge is -1.91. The molecule has 0 fully saturated rings. The smallest absolute Gasteiger partial charge is 0.292 e. The molecule has 2 heterocycles. The van der Waals surface area contributed by atoms with Gasteiger partial charge in [-0.25, -0.2) is 9.79 Å². The van der Waals surface area contributed by atoms with Gasteiger partial charge in [0.25, 0.3) is 5.56 Å². The highest BCUT2D eigenvalue weighted by atomic mass is 79.9. The molecule has 0 unspecified atom stereocenters. The number of hydrogen-bond donors (Lipinski definition) is 2. The van der Waals surface area contributed by atoms with E-state index in [1.807, 2.05) is 0 Å². The van der Waals surface area contributed by atoms with Crippen LogP contribution in [0.5, 0.6) is 0 Å². The number of rotatable bonds is 0.